The number of anilines is 1. The highest BCUT2D eigenvalue weighted by Crippen LogP contribution is 2.27. The second-order valence-corrected chi connectivity index (χ2v) is 6.83. The van der Waals surface area contributed by atoms with Gasteiger partial charge in [0.25, 0.3) is 0 Å². The minimum atomic E-state index is 0.478. The van der Waals surface area contributed by atoms with Crippen LogP contribution < -0.4 is 5.32 Å². The highest BCUT2D eigenvalue weighted by atomic mass is 79.9. The summed E-state index contributed by atoms with van der Waals surface area (Å²) in [6.45, 7) is 2.11. The molecule has 0 radical (unpaired) electrons. The summed E-state index contributed by atoms with van der Waals surface area (Å²) in [4.78, 5) is 0. The molecule has 1 aromatic heterocycles. The molecule has 1 aliphatic rings. The molecule has 1 unspecified atom stereocenters. The van der Waals surface area contributed by atoms with Crippen LogP contribution in [0.1, 0.15) is 29.5 Å². The fourth-order valence-electron chi connectivity index (χ4n) is 2.48. The Balaban J connectivity index is 1.70. The topological polar surface area (TPSA) is 37.8 Å². The summed E-state index contributed by atoms with van der Waals surface area (Å²) in [5.74, 6) is 0. The van der Waals surface area contributed by atoms with Crippen molar-refractivity contribution in [1.29, 1.82) is 0 Å². The predicted octanol–water partition coefficient (Wildman–Crippen LogP) is 3.83. The van der Waals surface area contributed by atoms with E-state index in [0.717, 1.165) is 35.8 Å². The first-order chi connectivity index (χ1) is 9.24. The molecule has 1 aliphatic carbocycles. The number of benzene rings is 1. The van der Waals surface area contributed by atoms with Crippen molar-refractivity contribution in [3.8, 4) is 0 Å². The number of hydrogen-bond acceptors (Lipinski definition) is 4. The first kappa shape index (κ1) is 13.1. The summed E-state index contributed by atoms with van der Waals surface area (Å²) in [5.41, 5.74) is 2.92. The maximum Gasteiger partial charge on any atom is 0.205 e. The van der Waals surface area contributed by atoms with Crippen LogP contribution in [0.15, 0.2) is 22.7 Å². The number of rotatable bonds is 3. The van der Waals surface area contributed by atoms with Gasteiger partial charge in [0.15, 0.2) is 0 Å². The minimum absolute atomic E-state index is 0.478. The van der Waals surface area contributed by atoms with Crippen LogP contribution in [0, 0.1) is 0 Å². The Hall–Kier alpha value is -0.940. The number of nitrogens with one attached hydrogen (secondary N) is 1. The molecular formula is C14H16BrN3S. The summed E-state index contributed by atoms with van der Waals surface area (Å²) >= 11 is 5.21. The van der Waals surface area contributed by atoms with Crippen molar-refractivity contribution in [2.24, 2.45) is 0 Å². The molecule has 0 fully saturated rings. The molecule has 0 aliphatic heterocycles. The zero-order valence-electron chi connectivity index (χ0n) is 10.8. The number of halogens is 1. The van der Waals surface area contributed by atoms with E-state index in [0.29, 0.717) is 6.04 Å². The zero-order valence-corrected chi connectivity index (χ0v) is 13.2. The lowest BCUT2D eigenvalue weighted by Gasteiger charge is -2.25. The first-order valence-electron chi connectivity index (χ1n) is 6.61. The first-order valence-corrected chi connectivity index (χ1v) is 8.21. The Morgan fingerprint density at radius 2 is 2.26 bits per heavy atom. The van der Waals surface area contributed by atoms with Crippen LogP contribution in [-0.4, -0.2) is 16.2 Å². The van der Waals surface area contributed by atoms with Crippen LogP contribution >= 0.6 is 27.3 Å². The van der Waals surface area contributed by atoms with Gasteiger partial charge in [-0.2, -0.15) is 0 Å². The Bertz CT molecular complexity index is 582. The summed E-state index contributed by atoms with van der Waals surface area (Å²) < 4.78 is 1.18. The van der Waals surface area contributed by atoms with E-state index in [9.17, 15) is 0 Å². The van der Waals surface area contributed by atoms with Crippen LogP contribution in [0.2, 0.25) is 0 Å². The molecule has 0 amide bonds. The highest BCUT2D eigenvalue weighted by molar-refractivity contribution is 9.10. The molecule has 0 bridgehead atoms. The molecule has 19 heavy (non-hydrogen) atoms. The Morgan fingerprint density at radius 3 is 3.05 bits per heavy atom. The van der Waals surface area contributed by atoms with E-state index in [-0.39, 0.29) is 0 Å². The van der Waals surface area contributed by atoms with E-state index in [1.165, 1.54) is 15.6 Å². The van der Waals surface area contributed by atoms with E-state index in [1.807, 2.05) is 0 Å². The lowest BCUT2D eigenvalue weighted by atomic mass is 9.88. The zero-order chi connectivity index (χ0) is 13.2. The van der Waals surface area contributed by atoms with Gasteiger partial charge < -0.3 is 5.32 Å². The molecule has 100 valence electrons. The molecule has 1 atom stereocenters. The maximum absolute atomic E-state index is 4.20. The minimum Gasteiger partial charge on any atom is -0.357 e. The van der Waals surface area contributed by atoms with Gasteiger partial charge in [-0.25, -0.2) is 0 Å². The Kier molecular flexibility index (Phi) is 3.84. The summed E-state index contributed by atoms with van der Waals surface area (Å²) in [6, 6.07) is 7.07. The van der Waals surface area contributed by atoms with Gasteiger partial charge in [0.1, 0.15) is 5.01 Å². The van der Waals surface area contributed by atoms with Crippen molar-refractivity contribution in [2.75, 3.05) is 5.32 Å². The van der Waals surface area contributed by atoms with E-state index in [1.54, 1.807) is 11.3 Å². The van der Waals surface area contributed by atoms with Crippen LogP contribution in [0.4, 0.5) is 5.13 Å². The van der Waals surface area contributed by atoms with Gasteiger partial charge in [0.2, 0.25) is 5.13 Å². The quantitative estimate of drug-likeness (QED) is 0.924. The van der Waals surface area contributed by atoms with E-state index < -0.39 is 0 Å². The van der Waals surface area contributed by atoms with Gasteiger partial charge in [-0.15, -0.1) is 10.2 Å². The number of hydrogen-bond donors (Lipinski definition) is 1. The van der Waals surface area contributed by atoms with E-state index >= 15 is 0 Å². The maximum atomic E-state index is 4.20. The normalized spacial score (nSPS) is 18.1. The van der Waals surface area contributed by atoms with E-state index in [4.69, 9.17) is 0 Å². The fraction of sp³-hybridized carbons (Fsp3) is 0.429. The molecule has 0 saturated heterocycles. The third-order valence-corrected chi connectivity index (χ3v) is 4.99. The molecule has 5 heteroatoms. The third-order valence-electron chi connectivity index (χ3n) is 3.49. The van der Waals surface area contributed by atoms with Crippen molar-refractivity contribution < 1.29 is 0 Å². The SMILES string of the molecule is CCc1nnc(NC2CCc3cc(Br)ccc3C2)s1. The Morgan fingerprint density at radius 1 is 1.37 bits per heavy atom. The van der Waals surface area contributed by atoms with Crippen LogP contribution in [0.5, 0.6) is 0 Å². The van der Waals surface area contributed by atoms with Crippen molar-refractivity contribution in [2.45, 2.75) is 38.6 Å². The smallest absolute Gasteiger partial charge is 0.205 e. The van der Waals surface area contributed by atoms with Crippen LogP contribution in [0.25, 0.3) is 0 Å². The van der Waals surface area contributed by atoms with Gasteiger partial charge in [0.05, 0.1) is 0 Å². The molecule has 1 heterocycles. The molecule has 2 aromatic rings. The van der Waals surface area contributed by atoms with Gasteiger partial charge in [0, 0.05) is 10.5 Å². The fourth-order valence-corrected chi connectivity index (χ4v) is 3.64. The molecular weight excluding hydrogens is 322 g/mol. The molecule has 0 saturated carbocycles. The summed E-state index contributed by atoms with van der Waals surface area (Å²) in [6.07, 6.45) is 4.32. The Labute approximate surface area is 125 Å². The van der Waals surface area contributed by atoms with Crippen molar-refractivity contribution >= 4 is 32.4 Å². The molecule has 3 rings (SSSR count). The summed E-state index contributed by atoms with van der Waals surface area (Å²) in [5, 5.41) is 13.9. The van der Waals surface area contributed by atoms with Gasteiger partial charge in [-0.05, 0) is 48.9 Å². The second-order valence-electron chi connectivity index (χ2n) is 4.85. The number of aromatic nitrogens is 2. The number of fused-ring (bicyclic) bond motifs is 1. The standard InChI is InChI=1S/C14H16BrN3S/c1-2-13-17-18-14(19-13)16-12-6-4-9-7-11(15)5-3-10(9)8-12/h3,5,7,12H,2,4,6,8H2,1H3,(H,16,18). The second kappa shape index (κ2) is 5.59. The summed E-state index contributed by atoms with van der Waals surface area (Å²) in [7, 11) is 0. The molecule has 1 aromatic carbocycles. The van der Waals surface area contributed by atoms with Gasteiger partial charge in [-0.3, -0.25) is 0 Å². The van der Waals surface area contributed by atoms with Crippen molar-refractivity contribution in [1.82, 2.24) is 10.2 Å². The van der Waals surface area contributed by atoms with Gasteiger partial charge >= 0.3 is 0 Å². The number of aryl methyl sites for hydroxylation is 2. The van der Waals surface area contributed by atoms with Crippen molar-refractivity contribution in [3.63, 3.8) is 0 Å². The lowest BCUT2D eigenvalue weighted by Crippen LogP contribution is -2.27. The highest BCUT2D eigenvalue weighted by Gasteiger charge is 2.19. The number of nitrogens with zero attached hydrogens (tertiary/aromatic N) is 2. The van der Waals surface area contributed by atoms with Crippen molar-refractivity contribution in [3.05, 3.63) is 38.8 Å². The molecule has 3 nitrogen and oxygen atoms in total. The molecule has 0 spiro atoms. The van der Waals surface area contributed by atoms with Gasteiger partial charge in [-0.1, -0.05) is 40.3 Å². The van der Waals surface area contributed by atoms with E-state index in [2.05, 4.69) is 56.6 Å². The van der Waals surface area contributed by atoms with Crippen LogP contribution in [0.3, 0.4) is 0 Å². The largest absolute Gasteiger partial charge is 0.357 e. The lowest BCUT2D eigenvalue weighted by molar-refractivity contribution is 0.609. The predicted molar refractivity (Wildman–Crippen MR) is 82.9 cm³/mol. The molecule has 1 N–H and O–H groups in total. The van der Waals surface area contributed by atoms with Crippen LogP contribution in [-0.2, 0) is 19.3 Å². The monoisotopic (exact) mass is 337 g/mol. The third kappa shape index (κ3) is 2.98. The average molecular weight is 338 g/mol. The average Bonchev–Trinajstić information content (AvgIpc) is 2.86.